The molecule has 1 aromatic heterocycles. The second-order valence-electron chi connectivity index (χ2n) is 4.12. The lowest BCUT2D eigenvalue weighted by molar-refractivity contribution is 0.0665. The van der Waals surface area contributed by atoms with Crippen LogP contribution < -0.4 is 5.32 Å². The number of hydrogen-bond acceptors (Lipinski definition) is 4. The highest BCUT2D eigenvalue weighted by Crippen LogP contribution is 2.20. The van der Waals surface area contributed by atoms with Gasteiger partial charge in [0.05, 0.1) is 17.2 Å². The highest BCUT2D eigenvalue weighted by Gasteiger charge is 2.19. The number of aliphatic hydroxyl groups excluding tert-OH is 1. The molecule has 0 aromatic carbocycles. The number of pyridine rings is 1. The lowest BCUT2D eigenvalue weighted by Gasteiger charge is -2.26. The summed E-state index contributed by atoms with van der Waals surface area (Å²) < 4.78 is 0. The standard InChI is InChI=1S/C12H18ClN3O2/c1-8(2)16(4-5-17)12(18)9-6-10(13)11(14-3)15-7-9/h6-8,17H,4-5H2,1-3H3,(H,14,15). The molecule has 0 saturated heterocycles. The summed E-state index contributed by atoms with van der Waals surface area (Å²) in [6, 6.07) is 1.59. The van der Waals surface area contributed by atoms with E-state index in [2.05, 4.69) is 10.3 Å². The van der Waals surface area contributed by atoms with Crippen molar-refractivity contribution in [2.45, 2.75) is 19.9 Å². The Balaban J connectivity index is 2.98. The van der Waals surface area contributed by atoms with Gasteiger partial charge in [-0.15, -0.1) is 0 Å². The number of nitrogens with zero attached hydrogens (tertiary/aromatic N) is 2. The lowest BCUT2D eigenvalue weighted by atomic mass is 10.2. The Morgan fingerprint density at radius 3 is 2.72 bits per heavy atom. The largest absolute Gasteiger partial charge is 0.395 e. The highest BCUT2D eigenvalue weighted by atomic mass is 35.5. The molecule has 18 heavy (non-hydrogen) atoms. The topological polar surface area (TPSA) is 65.5 Å². The molecule has 0 unspecified atom stereocenters. The van der Waals surface area contributed by atoms with Crippen LogP contribution in [0.5, 0.6) is 0 Å². The minimum absolute atomic E-state index is 0.00685. The molecule has 0 aliphatic heterocycles. The Labute approximate surface area is 112 Å². The van der Waals surface area contributed by atoms with Crippen molar-refractivity contribution in [2.24, 2.45) is 0 Å². The Hall–Kier alpha value is -1.33. The molecule has 1 aromatic rings. The molecular weight excluding hydrogens is 254 g/mol. The van der Waals surface area contributed by atoms with Crippen LogP contribution in [0.15, 0.2) is 12.3 Å². The number of carbonyl (C=O) groups is 1. The van der Waals surface area contributed by atoms with E-state index in [0.717, 1.165) is 0 Å². The van der Waals surface area contributed by atoms with Crippen molar-refractivity contribution in [3.8, 4) is 0 Å². The van der Waals surface area contributed by atoms with Gasteiger partial charge in [0.25, 0.3) is 5.91 Å². The first-order valence-corrected chi connectivity index (χ1v) is 6.14. The van der Waals surface area contributed by atoms with Crippen LogP contribution in [0.4, 0.5) is 5.82 Å². The van der Waals surface area contributed by atoms with E-state index in [0.29, 0.717) is 22.9 Å². The third-order valence-electron chi connectivity index (χ3n) is 2.55. The first-order valence-electron chi connectivity index (χ1n) is 5.76. The molecule has 0 saturated carbocycles. The molecular formula is C12H18ClN3O2. The average Bonchev–Trinajstić information content (AvgIpc) is 2.34. The van der Waals surface area contributed by atoms with Crippen molar-refractivity contribution < 1.29 is 9.90 Å². The normalized spacial score (nSPS) is 10.6. The maximum atomic E-state index is 12.2. The van der Waals surface area contributed by atoms with Crippen LogP contribution in [0.1, 0.15) is 24.2 Å². The maximum Gasteiger partial charge on any atom is 0.255 e. The van der Waals surface area contributed by atoms with Crippen LogP contribution in [0.25, 0.3) is 0 Å². The number of halogens is 1. The number of carbonyl (C=O) groups excluding carboxylic acids is 1. The molecule has 0 bridgehead atoms. The van der Waals surface area contributed by atoms with Crippen LogP contribution in [-0.2, 0) is 0 Å². The Bertz CT molecular complexity index is 424. The fourth-order valence-corrected chi connectivity index (χ4v) is 1.87. The zero-order valence-electron chi connectivity index (χ0n) is 10.8. The highest BCUT2D eigenvalue weighted by molar-refractivity contribution is 6.33. The minimum atomic E-state index is -0.184. The second kappa shape index (κ2) is 6.56. The van der Waals surface area contributed by atoms with Gasteiger partial charge in [-0.3, -0.25) is 4.79 Å². The lowest BCUT2D eigenvalue weighted by Crippen LogP contribution is -2.39. The predicted octanol–water partition coefficient (Wildman–Crippen LogP) is 1.62. The summed E-state index contributed by atoms with van der Waals surface area (Å²) in [6.07, 6.45) is 1.48. The Morgan fingerprint density at radius 1 is 1.61 bits per heavy atom. The molecule has 1 heterocycles. The smallest absolute Gasteiger partial charge is 0.255 e. The number of hydrogen-bond donors (Lipinski definition) is 2. The van der Waals surface area contributed by atoms with E-state index in [1.165, 1.54) is 6.20 Å². The molecule has 1 amide bonds. The van der Waals surface area contributed by atoms with Gasteiger partial charge in [0.15, 0.2) is 0 Å². The summed E-state index contributed by atoms with van der Waals surface area (Å²) in [6.45, 7) is 4.01. The van der Waals surface area contributed by atoms with E-state index in [1.54, 1.807) is 18.0 Å². The fourth-order valence-electron chi connectivity index (χ4n) is 1.61. The molecule has 0 aliphatic rings. The summed E-state index contributed by atoms with van der Waals surface area (Å²) in [5, 5.41) is 12.2. The van der Waals surface area contributed by atoms with Gasteiger partial charge >= 0.3 is 0 Å². The third-order valence-corrected chi connectivity index (χ3v) is 2.84. The molecule has 0 atom stereocenters. The molecule has 0 aliphatic carbocycles. The van der Waals surface area contributed by atoms with Gasteiger partial charge in [0.2, 0.25) is 0 Å². The number of rotatable bonds is 5. The summed E-state index contributed by atoms with van der Waals surface area (Å²) in [7, 11) is 1.71. The molecule has 1 rings (SSSR count). The Kier molecular flexibility index (Phi) is 5.37. The summed E-state index contributed by atoms with van der Waals surface area (Å²) in [5.74, 6) is 0.350. The zero-order chi connectivity index (χ0) is 13.7. The van der Waals surface area contributed by atoms with E-state index in [9.17, 15) is 4.79 Å². The van der Waals surface area contributed by atoms with Crippen molar-refractivity contribution in [3.63, 3.8) is 0 Å². The van der Waals surface area contributed by atoms with Crippen LogP contribution >= 0.6 is 11.6 Å². The third kappa shape index (κ3) is 3.34. The average molecular weight is 272 g/mol. The summed E-state index contributed by atoms with van der Waals surface area (Å²) in [4.78, 5) is 17.9. The molecule has 0 fully saturated rings. The van der Waals surface area contributed by atoms with Crippen LogP contribution in [0.2, 0.25) is 5.02 Å². The maximum absolute atomic E-state index is 12.2. The second-order valence-corrected chi connectivity index (χ2v) is 4.53. The number of aliphatic hydroxyl groups is 1. The first-order chi connectivity index (χ1) is 8.51. The van der Waals surface area contributed by atoms with E-state index in [4.69, 9.17) is 16.7 Å². The quantitative estimate of drug-likeness (QED) is 0.854. The molecule has 5 nitrogen and oxygen atoms in total. The number of aromatic nitrogens is 1. The molecule has 6 heteroatoms. The minimum Gasteiger partial charge on any atom is -0.395 e. The fraction of sp³-hybridized carbons (Fsp3) is 0.500. The van der Waals surface area contributed by atoms with Gasteiger partial charge in [-0.2, -0.15) is 0 Å². The molecule has 0 radical (unpaired) electrons. The zero-order valence-corrected chi connectivity index (χ0v) is 11.5. The van der Waals surface area contributed by atoms with Crippen molar-refractivity contribution in [1.82, 2.24) is 9.88 Å². The predicted molar refractivity (Wildman–Crippen MR) is 72.1 cm³/mol. The SMILES string of the molecule is CNc1ncc(C(=O)N(CCO)C(C)C)cc1Cl. The summed E-state index contributed by atoms with van der Waals surface area (Å²) in [5.41, 5.74) is 0.418. The van der Waals surface area contributed by atoms with E-state index >= 15 is 0 Å². The number of anilines is 1. The van der Waals surface area contributed by atoms with Crippen molar-refractivity contribution in [3.05, 3.63) is 22.8 Å². The van der Waals surface area contributed by atoms with Gasteiger partial charge in [0.1, 0.15) is 5.82 Å². The van der Waals surface area contributed by atoms with Gasteiger partial charge in [-0.05, 0) is 19.9 Å². The van der Waals surface area contributed by atoms with Gasteiger partial charge in [-0.25, -0.2) is 4.98 Å². The number of nitrogens with one attached hydrogen (secondary N) is 1. The Morgan fingerprint density at radius 2 is 2.28 bits per heavy atom. The van der Waals surface area contributed by atoms with E-state index in [1.807, 2.05) is 13.8 Å². The van der Waals surface area contributed by atoms with Crippen molar-refractivity contribution in [1.29, 1.82) is 0 Å². The van der Waals surface area contributed by atoms with E-state index in [-0.39, 0.29) is 18.6 Å². The van der Waals surface area contributed by atoms with Gasteiger partial charge < -0.3 is 15.3 Å². The van der Waals surface area contributed by atoms with E-state index < -0.39 is 0 Å². The van der Waals surface area contributed by atoms with Gasteiger partial charge in [-0.1, -0.05) is 11.6 Å². The van der Waals surface area contributed by atoms with Crippen molar-refractivity contribution >= 4 is 23.3 Å². The molecule has 0 spiro atoms. The number of amides is 1. The molecule has 2 N–H and O–H groups in total. The van der Waals surface area contributed by atoms with Crippen LogP contribution in [-0.4, -0.2) is 47.1 Å². The summed E-state index contributed by atoms with van der Waals surface area (Å²) >= 11 is 5.99. The van der Waals surface area contributed by atoms with Crippen molar-refractivity contribution in [2.75, 3.05) is 25.5 Å². The van der Waals surface area contributed by atoms with Crippen LogP contribution in [0, 0.1) is 0 Å². The monoisotopic (exact) mass is 271 g/mol. The van der Waals surface area contributed by atoms with Crippen LogP contribution in [0.3, 0.4) is 0 Å². The first kappa shape index (κ1) is 14.7. The van der Waals surface area contributed by atoms with Gasteiger partial charge in [0, 0.05) is 25.8 Å². The molecule has 100 valence electrons.